The second-order valence-corrected chi connectivity index (χ2v) is 8.95. The van der Waals surface area contributed by atoms with E-state index in [9.17, 15) is 9.59 Å². The lowest BCUT2D eigenvalue weighted by molar-refractivity contribution is -0.113. The van der Waals surface area contributed by atoms with Gasteiger partial charge in [-0.2, -0.15) is 0 Å². The molecule has 2 aromatic heterocycles. The zero-order chi connectivity index (χ0) is 20.9. The Morgan fingerprint density at radius 1 is 1.10 bits per heavy atom. The zero-order valence-electron chi connectivity index (χ0n) is 15.9. The van der Waals surface area contributed by atoms with Crippen molar-refractivity contribution in [3.63, 3.8) is 0 Å². The Morgan fingerprint density at radius 2 is 1.90 bits per heavy atom. The number of hydrogen-bond acceptors (Lipinski definition) is 5. The van der Waals surface area contributed by atoms with Gasteiger partial charge in [-0.3, -0.25) is 14.2 Å². The number of benzene rings is 2. The van der Waals surface area contributed by atoms with Gasteiger partial charge in [0, 0.05) is 22.1 Å². The lowest BCUT2D eigenvalue weighted by Crippen LogP contribution is -2.25. The average molecular weight is 456 g/mol. The first kappa shape index (κ1) is 20.7. The van der Waals surface area contributed by atoms with E-state index in [2.05, 4.69) is 16.4 Å². The van der Waals surface area contributed by atoms with E-state index >= 15 is 0 Å². The fourth-order valence-corrected chi connectivity index (χ4v) is 4.64. The summed E-state index contributed by atoms with van der Waals surface area (Å²) in [7, 11) is 0. The second-order valence-electron chi connectivity index (χ2n) is 6.54. The third-order valence-electron chi connectivity index (χ3n) is 4.45. The smallest absolute Gasteiger partial charge is 0.262 e. The molecule has 2 heterocycles. The van der Waals surface area contributed by atoms with Crippen LogP contribution in [0.2, 0.25) is 5.02 Å². The Hall–Kier alpha value is -2.61. The molecule has 0 atom stereocenters. The predicted molar refractivity (Wildman–Crippen MR) is 125 cm³/mol. The molecule has 0 radical (unpaired) electrons. The summed E-state index contributed by atoms with van der Waals surface area (Å²) in [6.45, 7) is 0.512. The quantitative estimate of drug-likeness (QED) is 0.311. The van der Waals surface area contributed by atoms with E-state index in [4.69, 9.17) is 11.6 Å². The van der Waals surface area contributed by atoms with E-state index in [0.717, 1.165) is 6.42 Å². The molecule has 1 N–H and O–H groups in total. The van der Waals surface area contributed by atoms with Crippen molar-refractivity contribution in [3.05, 3.63) is 86.3 Å². The van der Waals surface area contributed by atoms with Crippen molar-refractivity contribution in [2.75, 3.05) is 11.1 Å². The predicted octanol–water partition coefficient (Wildman–Crippen LogP) is 5.08. The van der Waals surface area contributed by atoms with Crippen LogP contribution in [0.3, 0.4) is 0 Å². The largest absolute Gasteiger partial charge is 0.325 e. The fourth-order valence-electron chi connectivity index (χ4n) is 2.99. The summed E-state index contributed by atoms with van der Waals surface area (Å²) in [5.41, 5.74) is 1.22. The maximum atomic E-state index is 13.1. The van der Waals surface area contributed by atoms with Crippen LogP contribution >= 0.6 is 34.7 Å². The van der Waals surface area contributed by atoms with Crippen molar-refractivity contribution in [2.24, 2.45) is 0 Å². The lowest BCUT2D eigenvalue weighted by atomic mass is 10.2. The standard InChI is InChI=1S/C22H18ClN3O2S2/c23-15-7-9-16(10-8-15)24-20(27)14-30-22-25-19-6-2-1-5-18(19)21(28)26(22)12-11-17-4-3-13-29-17/h1-10,13H,11-12,14H2,(H,24,27). The molecule has 0 fully saturated rings. The number of thiophene rings is 1. The normalized spacial score (nSPS) is 11.0. The number of aryl methyl sites for hydroxylation is 1. The molecule has 4 rings (SSSR count). The fraction of sp³-hybridized carbons (Fsp3) is 0.136. The lowest BCUT2D eigenvalue weighted by Gasteiger charge is -2.13. The van der Waals surface area contributed by atoms with Crippen LogP contribution in [0.5, 0.6) is 0 Å². The van der Waals surface area contributed by atoms with Crippen LogP contribution in [0, 0.1) is 0 Å². The number of halogens is 1. The van der Waals surface area contributed by atoms with Gasteiger partial charge in [0.2, 0.25) is 5.91 Å². The van der Waals surface area contributed by atoms with Crippen LogP contribution in [-0.4, -0.2) is 21.2 Å². The Bertz CT molecular complexity index is 1220. The Labute approximate surface area is 186 Å². The highest BCUT2D eigenvalue weighted by molar-refractivity contribution is 7.99. The molecule has 152 valence electrons. The summed E-state index contributed by atoms with van der Waals surface area (Å²) in [5.74, 6) is -0.0265. The van der Waals surface area contributed by atoms with Gasteiger partial charge in [0.1, 0.15) is 0 Å². The molecule has 0 unspecified atom stereocenters. The van der Waals surface area contributed by atoms with Gasteiger partial charge >= 0.3 is 0 Å². The Balaban J connectivity index is 1.55. The van der Waals surface area contributed by atoms with Crippen molar-refractivity contribution < 1.29 is 4.79 Å². The van der Waals surface area contributed by atoms with Gasteiger partial charge in [0.05, 0.1) is 16.7 Å². The van der Waals surface area contributed by atoms with E-state index in [1.807, 2.05) is 29.6 Å². The molecule has 0 aliphatic rings. The first-order valence-corrected chi connectivity index (χ1v) is 11.5. The molecule has 0 bridgehead atoms. The van der Waals surface area contributed by atoms with E-state index in [1.165, 1.54) is 16.6 Å². The second kappa shape index (κ2) is 9.47. The van der Waals surface area contributed by atoms with Gasteiger partial charge in [-0.15, -0.1) is 11.3 Å². The molecule has 30 heavy (non-hydrogen) atoms. The summed E-state index contributed by atoms with van der Waals surface area (Å²) >= 11 is 8.80. The van der Waals surface area contributed by atoms with E-state index < -0.39 is 0 Å². The molecule has 2 aromatic carbocycles. The topological polar surface area (TPSA) is 64.0 Å². The summed E-state index contributed by atoms with van der Waals surface area (Å²) in [6, 6.07) is 18.3. The number of para-hydroxylation sites is 1. The average Bonchev–Trinajstić information content (AvgIpc) is 3.27. The van der Waals surface area contributed by atoms with Gasteiger partial charge < -0.3 is 5.32 Å². The molecular weight excluding hydrogens is 438 g/mol. The summed E-state index contributed by atoms with van der Waals surface area (Å²) < 4.78 is 1.67. The third kappa shape index (κ3) is 4.92. The summed E-state index contributed by atoms with van der Waals surface area (Å²) in [6.07, 6.45) is 0.738. The Morgan fingerprint density at radius 3 is 2.67 bits per heavy atom. The number of aromatic nitrogens is 2. The van der Waals surface area contributed by atoms with Crippen LogP contribution < -0.4 is 10.9 Å². The Kier molecular flexibility index (Phi) is 6.52. The van der Waals surface area contributed by atoms with E-state index in [-0.39, 0.29) is 17.2 Å². The van der Waals surface area contributed by atoms with Crippen molar-refractivity contribution >= 4 is 57.2 Å². The molecule has 0 aliphatic carbocycles. The maximum Gasteiger partial charge on any atom is 0.262 e. The van der Waals surface area contributed by atoms with Gasteiger partial charge in [0.15, 0.2) is 5.16 Å². The van der Waals surface area contributed by atoms with Crippen molar-refractivity contribution in [1.82, 2.24) is 9.55 Å². The highest BCUT2D eigenvalue weighted by Gasteiger charge is 2.14. The molecule has 4 aromatic rings. The van der Waals surface area contributed by atoms with E-state index in [1.54, 1.807) is 46.2 Å². The number of hydrogen-bond donors (Lipinski definition) is 1. The van der Waals surface area contributed by atoms with Gasteiger partial charge in [-0.1, -0.05) is 41.6 Å². The number of rotatable bonds is 7. The molecule has 0 saturated carbocycles. The molecule has 0 saturated heterocycles. The third-order valence-corrected chi connectivity index (χ3v) is 6.61. The number of fused-ring (bicyclic) bond motifs is 1. The highest BCUT2D eigenvalue weighted by atomic mass is 35.5. The first-order chi connectivity index (χ1) is 14.6. The number of thioether (sulfide) groups is 1. The first-order valence-electron chi connectivity index (χ1n) is 9.30. The van der Waals surface area contributed by atoms with Gasteiger partial charge in [-0.05, 0) is 54.3 Å². The molecule has 0 spiro atoms. The van der Waals surface area contributed by atoms with Crippen molar-refractivity contribution in [2.45, 2.75) is 18.1 Å². The van der Waals surface area contributed by atoms with Crippen LogP contribution in [0.25, 0.3) is 10.9 Å². The molecule has 0 aliphatic heterocycles. The van der Waals surface area contributed by atoms with Crippen LogP contribution in [0.15, 0.2) is 76.0 Å². The SMILES string of the molecule is O=C(CSc1nc2ccccc2c(=O)n1CCc1cccs1)Nc1ccc(Cl)cc1. The number of carbonyl (C=O) groups excluding carboxylic acids is 1. The number of anilines is 1. The molecule has 1 amide bonds. The summed E-state index contributed by atoms with van der Waals surface area (Å²) in [4.78, 5) is 31.3. The maximum absolute atomic E-state index is 13.1. The minimum Gasteiger partial charge on any atom is -0.325 e. The minimum absolute atomic E-state index is 0.0854. The van der Waals surface area contributed by atoms with Gasteiger partial charge in [-0.25, -0.2) is 4.98 Å². The minimum atomic E-state index is -0.172. The van der Waals surface area contributed by atoms with Crippen LogP contribution in [0.4, 0.5) is 5.69 Å². The number of nitrogens with zero attached hydrogens (tertiary/aromatic N) is 2. The monoisotopic (exact) mass is 455 g/mol. The highest BCUT2D eigenvalue weighted by Crippen LogP contribution is 2.20. The number of carbonyl (C=O) groups is 1. The van der Waals surface area contributed by atoms with Gasteiger partial charge in [0.25, 0.3) is 5.56 Å². The number of amides is 1. The zero-order valence-corrected chi connectivity index (χ0v) is 18.3. The summed E-state index contributed by atoms with van der Waals surface area (Å²) in [5, 5.41) is 6.59. The van der Waals surface area contributed by atoms with Crippen molar-refractivity contribution in [1.29, 1.82) is 0 Å². The van der Waals surface area contributed by atoms with Crippen LogP contribution in [-0.2, 0) is 17.8 Å². The molecular formula is C22H18ClN3O2S2. The van der Waals surface area contributed by atoms with Crippen molar-refractivity contribution in [3.8, 4) is 0 Å². The number of nitrogens with one attached hydrogen (secondary N) is 1. The molecule has 8 heteroatoms. The van der Waals surface area contributed by atoms with E-state index in [0.29, 0.717) is 33.3 Å². The van der Waals surface area contributed by atoms with Crippen LogP contribution in [0.1, 0.15) is 4.88 Å². The molecule has 5 nitrogen and oxygen atoms in total.